The van der Waals surface area contributed by atoms with Crippen molar-refractivity contribution in [2.75, 3.05) is 7.05 Å². The van der Waals surface area contributed by atoms with E-state index < -0.39 is 0 Å². The normalized spacial score (nSPS) is 32.7. The van der Waals surface area contributed by atoms with Crippen LogP contribution in [0.3, 0.4) is 0 Å². The van der Waals surface area contributed by atoms with Crippen molar-refractivity contribution in [1.29, 1.82) is 0 Å². The highest BCUT2D eigenvalue weighted by Crippen LogP contribution is 2.35. The zero-order valence-corrected chi connectivity index (χ0v) is 10.9. The molecule has 0 amide bonds. The fourth-order valence-electron chi connectivity index (χ4n) is 3.16. The average Bonchev–Trinajstić information content (AvgIpc) is 2.55. The summed E-state index contributed by atoms with van der Waals surface area (Å²) in [4.78, 5) is 2.53. The lowest BCUT2D eigenvalue weighted by Crippen LogP contribution is -2.43. The lowest BCUT2D eigenvalue weighted by atomic mass is 10.0. The van der Waals surface area contributed by atoms with E-state index in [-0.39, 0.29) is 0 Å². The number of nitrogens with zero attached hydrogens (tertiary/aromatic N) is 1. The van der Waals surface area contributed by atoms with Gasteiger partial charge < -0.3 is 9.64 Å². The van der Waals surface area contributed by atoms with Gasteiger partial charge in [0.2, 0.25) is 0 Å². The van der Waals surface area contributed by atoms with Crippen LogP contribution in [0.2, 0.25) is 5.02 Å². The maximum Gasteiger partial charge on any atom is 0.119 e. The molecule has 0 radical (unpaired) electrons. The fourth-order valence-corrected chi connectivity index (χ4v) is 3.29. The number of benzene rings is 1. The van der Waals surface area contributed by atoms with Crippen LogP contribution in [0.25, 0.3) is 0 Å². The van der Waals surface area contributed by atoms with Crippen molar-refractivity contribution in [3.8, 4) is 5.75 Å². The van der Waals surface area contributed by atoms with Crippen molar-refractivity contribution >= 4 is 11.6 Å². The van der Waals surface area contributed by atoms with E-state index in [1.807, 2.05) is 24.3 Å². The number of fused-ring (bicyclic) bond motifs is 2. The highest BCUT2D eigenvalue weighted by Gasteiger charge is 2.39. The van der Waals surface area contributed by atoms with E-state index in [0.29, 0.717) is 6.10 Å². The van der Waals surface area contributed by atoms with Gasteiger partial charge >= 0.3 is 0 Å². The smallest absolute Gasteiger partial charge is 0.119 e. The minimum Gasteiger partial charge on any atom is -0.490 e. The molecule has 0 N–H and O–H groups in total. The third kappa shape index (κ3) is 2.29. The third-order valence-electron chi connectivity index (χ3n) is 4.17. The van der Waals surface area contributed by atoms with Crippen molar-refractivity contribution in [3.63, 3.8) is 0 Å². The molecule has 0 spiro atoms. The molecular weight excluding hydrogens is 234 g/mol. The minimum absolute atomic E-state index is 0.380. The first-order chi connectivity index (χ1) is 8.22. The molecule has 2 fully saturated rings. The molecule has 2 saturated heterocycles. The Morgan fingerprint density at radius 3 is 2.29 bits per heavy atom. The van der Waals surface area contributed by atoms with Crippen molar-refractivity contribution in [2.45, 2.75) is 43.9 Å². The molecular formula is C14H18ClNO. The van der Waals surface area contributed by atoms with Crippen LogP contribution >= 0.6 is 11.6 Å². The maximum atomic E-state index is 6.05. The van der Waals surface area contributed by atoms with Crippen molar-refractivity contribution in [2.24, 2.45) is 0 Å². The van der Waals surface area contributed by atoms with Crippen LogP contribution in [0.5, 0.6) is 5.75 Å². The lowest BCUT2D eigenvalue weighted by molar-refractivity contribution is 0.0662. The molecule has 1 aromatic rings. The molecule has 2 bridgehead atoms. The Kier molecular flexibility index (Phi) is 3.01. The molecule has 2 aliphatic heterocycles. The average molecular weight is 252 g/mol. The molecule has 0 saturated carbocycles. The first-order valence-electron chi connectivity index (χ1n) is 6.36. The number of rotatable bonds is 2. The van der Waals surface area contributed by atoms with Gasteiger partial charge in [-0.1, -0.05) is 11.6 Å². The fraction of sp³-hybridized carbons (Fsp3) is 0.571. The van der Waals surface area contributed by atoms with E-state index in [0.717, 1.165) is 35.7 Å². The molecule has 0 aromatic heterocycles. The maximum absolute atomic E-state index is 6.05. The number of ether oxygens (including phenoxy) is 1. The highest BCUT2D eigenvalue weighted by molar-refractivity contribution is 6.30. The van der Waals surface area contributed by atoms with Crippen LogP contribution in [-0.4, -0.2) is 30.1 Å². The Bertz CT molecular complexity index is 378. The zero-order chi connectivity index (χ0) is 11.8. The summed E-state index contributed by atoms with van der Waals surface area (Å²) in [5.41, 5.74) is 0. The van der Waals surface area contributed by atoms with Gasteiger partial charge in [0.25, 0.3) is 0 Å². The standard InChI is InChI=1S/C14H18ClNO/c1-16-11-4-5-12(16)9-14(8-11)17-13-6-2-10(15)3-7-13/h2-3,6-7,11-12,14H,4-5,8-9H2,1H3. The van der Waals surface area contributed by atoms with Crippen molar-refractivity contribution in [1.82, 2.24) is 4.90 Å². The minimum atomic E-state index is 0.380. The summed E-state index contributed by atoms with van der Waals surface area (Å²) >= 11 is 5.87. The van der Waals surface area contributed by atoms with Gasteiger partial charge in [0, 0.05) is 17.1 Å². The highest BCUT2D eigenvalue weighted by atomic mass is 35.5. The molecule has 2 aliphatic rings. The second-order valence-electron chi connectivity index (χ2n) is 5.22. The molecule has 3 heteroatoms. The first-order valence-corrected chi connectivity index (χ1v) is 6.74. The Morgan fingerprint density at radius 2 is 1.71 bits per heavy atom. The summed E-state index contributed by atoms with van der Waals surface area (Å²) in [6, 6.07) is 9.16. The molecule has 3 rings (SSSR count). The Labute approximate surface area is 108 Å². The van der Waals surface area contributed by atoms with Gasteiger partial charge in [-0.2, -0.15) is 0 Å². The third-order valence-corrected chi connectivity index (χ3v) is 4.42. The monoisotopic (exact) mass is 251 g/mol. The summed E-state index contributed by atoms with van der Waals surface area (Å²) in [6.07, 6.45) is 5.37. The predicted molar refractivity (Wildman–Crippen MR) is 69.7 cm³/mol. The van der Waals surface area contributed by atoms with E-state index in [9.17, 15) is 0 Å². The largest absolute Gasteiger partial charge is 0.490 e. The van der Waals surface area contributed by atoms with Crippen molar-refractivity contribution in [3.05, 3.63) is 29.3 Å². The van der Waals surface area contributed by atoms with Crippen molar-refractivity contribution < 1.29 is 4.74 Å². The summed E-state index contributed by atoms with van der Waals surface area (Å²) < 4.78 is 6.05. The van der Waals surface area contributed by atoms with Gasteiger partial charge in [0.05, 0.1) is 0 Å². The molecule has 2 unspecified atom stereocenters. The van der Waals surface area contributed by atoms with Gasteiger partial charge in [-0.15, -0.1) is 0 Å². The zero-order valence-electron chi connectivity index (χ0n) is 10.1. The van der Waals surface area contributed by atoms with Crippen LogP contribution in [-0.2, 0) is 0 Å². The van der Waals surface area contributed by atoms with Gasteiger partial charge in [-0.3, -0.25) is 0 Å². The van der Waals surface area contributed by atoms with Gasteiger partial charge in [0.15, 0.2) is 0 Å². The Hall–Kier alpha value is -0.730. The topological polar surface area (TPSA) is 12.5 Å². The number of hydrogen-bond donors (Lipinski definition) is 0. The number of hydrogen-bond acceptors (Lipinski definition) is 2. The second-order valence-corrected chi connectivity index (χ2v) is 5.65. The first kappa shape index (κ1) is 11.4. The van der Waals surface area contributed by atoms with Crippen LogP contribution < -0.4 is 4.74 Å². The number of piperidine rings is 1. The van der Waals surface area contributed by atoms with Crippen LogP contribution in [0.4, 0.5) is 0 Å². The lowest BCUT2D eigenvalue weighted by Gasteiger charge is -2.36. The van der Waals surface area contributed by atoms with Gasteiger partial charge in [-0.05, 0) is 57.0 Å². The summed E-state index contributed by atoms with van der Waals surface area (Å²) in [5.74, 6) is 0.948. The molecule has 92 valence electrons. The van der Waals surface area contributed by atoms with Gasteiger partial charge in [0.1, 0.15) is 11.9 Å². The molecule has 2 nitrogen and oxygen atoms in total. The summed E-state index contributed by atoms with van der Waals surface area (Å²) in [6.45, 7) is 0. The molecule has 2 atom stereocenters. The number of halogens is 1. The van der Waals surface area contributed by atoms with Crippen LogP contribution in [0.1, 0.15) is 25.7 Å². The van der Waals surface area contributed by atoms with E-state index in [2.05, 4.69) is 11.9 Å². The van der Waals surface area contributed by atoms with Crippen LogP contribution in [0, 0.1) is 0 Å². The summed E-state index contributed by atoms with van der Waals surface area (Å²) in [5, 5.41) is 0.765. The SMILES string of the molecule is CN1C2CCC1CC(Oc1ccc(Cl)cc1)C2. The Morgan fingerprint density at radius 1 is 1.12 bits per heavy atom. The second kappa shape index (κ2) is 4.51. The Balaban J connectivity index is 1.65. The molecule has 17 heavy (non-hydrogen) atoms. The van der Waals surface area contributed by atoms with E-state index in [1.165, 1.54) is 12.8 Å². The van der Waals surface area contributed by atoms with E-state index in [4.69, 9.17) is 16.3 Å². The van der Waals surface area contributed by atoms with E-state index >= 15 is 0 Å². The molecule has 2 heterocycles. The quantitative estimate of drug-likeness (QED) is 0.799. The predicted octanol–water partition coefficient (Wildman–Crippen LogP) is 3.34. The van der Waals surface area contributed by atoms with E-state index in [1.54, 1.807) is 0 Å². The summed E-state index contributed by atoms with van der Waals surface area (Å²) in [7, 11) is 2.25. The van der Waals surface area contributed by atoms with Gasteiger partial charge in [-0.25, -0.2) is 0 Å². The molecule has 1 aromatic carbocycles. The van der Waals surface area contributed by atoms with Crippen LogP contribution in [0.15, 0.2) is 24.3 Å². The molecule has 0 aliphatic carbocycles.